The lowest BCUT2D eigenvalue weighted by Gasteiger charge is -2.16. The number of nitrogens with two attached hydrogens (primary N) is 1. The maximum absolute atomic E-state index is 10.8. The van der Waals surface area contributed by atoms with Gasteiger partial charge in [-0.2, -0.15) is 0 Å². The standard InChI is InChI=1S/C8H19N3O/c1-7(2)4-5-11(3)6-8(12)10-9/h7H,4-6,9H2,1-3H3,(H,10,12). The molecule has 0 aliphatic carbocycles. The maximum atomic E-state index is 10.8. The molecular formula is C8H19N3O. The van der Waals surface area contributed by atoms with E-state index >= 15 is 0 Å². The minimum Gasteiger partial charge on any atom is -0.298 e. The monoisotopic (exact) mass is 173 g/mol. The van der Waals surface area contributed by atoms with Crippen molar-refractivity contribution in [3.05, 3.63) is 0 Å². The number of nitrogens with zero attached hydrogens (tertiary/aromatic N) is 1. The Labute approximate surface area is 74.1 Å². The molecule has 0 saturated carbocycles. The van der Waals surface area contributed by atoms with Crippen LogP contribution in [-0.4, -0.2) is 30.9 Å². The molecule has 0 aromatic carbocycles. The van der Waals surface area contributed by atoms with Crippen LogP contribution in [0.4, 0.5) is 0 Å². The van der Waals surface area contributed by atoms with Crippen LogP contribution in [0.25, 0.3) is 0 Å². The molecule has 3 N–H and O–H groups in total. The van der Waals surface area contributed by atoms with Gasteiger partial charge < -0.3 is 0 Å². The van der Waals surface area contributed by atoms with Crippen molar-refractivity contribution >= 4 is 5.91 Å². The number of likely N-dealkylation sites (N-methyl/N-ethyl adjacent to an activating group) is 1. The Balaban J connectivity index is 3.45. The zero-order valence-electron chi connectivity index (χ0n) is 8.13. The first-order valence-electron chi connectivity index (χ1n) is 4.24. The molecule has 0 aromatic rings. The smallest absolute Gasteiger partial charge is 0.248 e. The molecule has 72 valence electrons. The minimum absolute atomic E-state index is 0.138. The van der Waals surface area contributed by atoms with Gasteiger partial charge in [-0.25, -0.2) is 5.84 Å². The summed E-state index contributed by atoms with van der Waals surface area (Å²) in [5.41, 5.74) is 2.10. The summed E-state index contributed by atoms with van der Waals surface area (Å²) in [6.07, 6.45) is 1.11. The van der Waals surface area contributed by atoms with Crippen molar-refractivity contribution in [2.24, 2.45) is 11.8 Å². The highest BCUT2D eigenvalue weighted by Crippen LogP contribution is 1.99. The van der Waals surface area contributed by atoms with Gasteiger partial charge in [-0.1, -0.05) is 13.8 Å². The van der Waals surface area contributed by atoms with Gasteiger partial charge in [-0.05, 0) is 25.9 Å². The number of amides is 1. The van der Waals surface area contributed by atoms with E-state index in [1.165, 1.54) is 0 Å². The lowest BCUT2D eigenvalue weighted by atomic mass is 10.1. The zero-order chi connectivity index (χ0) is 9.56. The topological polar surface area (TPSA) is 58.4 Å². The summed E-state index contributed by atoms with van der Waals surface area (Å²) in [6.45, 7) is 5.64. The highest BCUT2D eigenvalue weighted by molar-refractivity contribution is 5.77. The van der Waals surface area contributed by atoms with Gasteiger partial charge in [0.05, 0.1) is 6.54 Å². The molecule has 1 amide bonds. The summed E-state index contributed by atoms with van der Waals surface area (Å²) in [6, 6.07) is 0. The molecule has 0 unspecified atom stereocenters. The van der Waals surface area contributed by atoms with Crippen LogP contribution in [0.2, 0.25) is 0 Å². The van der Waals surface area contributed by atoms with Gasteiger partial charge >= 0.3 is 0 Å². The van der Waals surface area contributed by atoms with Crippen LogP contribution in [0.1, 0.15) is 20.3 Å². The average molecular weight is 173 g/mol. The molecule has 12 heavy (non-hydrogen) atoms. The predicted octanol–water partition coefficient (Wildman–Crippen LogP) is -0.0458. The van der Waals surface area contributed by atoms with E-state index in [4.69, 9.17) is 5.84 Å². The predicted molar refractivity (Wildman–Crippen MR) is 49.3 cm³/mol. The van der Waals surface area contributed by atoms with Gasteiger partial charge in [0.2, 0.25) is 5.91 Å². The average Bonchev–Trinajstić information content (AvgIpc) is 2.00. The van der Waals surface area contributed by atoms with E-state index in [1.54, 1.807) is 0 Å². The SMILES string of the molecule is CC(C)CCN(C)CC(=O)NN. The molecule has 0 radical (unpaired) electrons. The van der Waals surface area contributed by atoms with Crippen LogP contribution < -0.4 is 11.3 Å². The number of carbonyl (C=O) groups is 1. The highest BCUT2D eigenvalue weighted by atomic mass is 16.2. The molecular weight excluding hydrogens is 154 g/mol. The van der Waals surface area contributed by atoms with Crippen LogP contribution in [-0.2, 0) is 4.79 Å². The maximum Gasteiger partial charge on any atom is 0.248 e. The number of hydrogen-bond acceptors (Lipinski definition) is 3. The van der Waals surface area contributed by atoms with Crippen molar-refractivity contribution in [2.45, 2.75) is 20.3 Å². The number of carbonyl (C=O) groups excluding carboxylic acids is 1. The summed E-state index contributed by atoms with van der Waals surface area (Å²) in [4.78, 5) is 12.7. The van der Waals surface area contributed by atoms with Crippen molar-refractivity contribution in [3.8, 4) is 0 Å². The molecule has 0 fully saturated rings. The molecule has 0 saturated heterocycles. The highest BCUT2D eigenvalue weighted by Gasteiger charge is 2.04. The van der Waals surface area contributed by atoms with Gasteiger partial charge in [-0.15, -0.1) is 0 Å². The fraction of sp³-hybridized carbons (Fsp3) is 0.875. The van der Waals surface area contributed by atoms with Crippen molar-refractivity contribution in [1.82, 2.24) is 10.3 Å². The number of hydrazine groups is 1. The fourth-order valence-electron chi connectivity index (χ4n) is 0.848. The first-order valence-corrected chi connectivity index (χ1v) is 4.24. The Bertz CT molecular complexity index is 136. The molecule has 0 aliphatic heterocycles. The van der Waals surface area contributed by atoms with E-state index in [1.807, 2.05) is 11.9 Å². The van der Waals surface area contributed by atoms with Crippen molar-refractivity contribution in [3.63, 3.8) is 0 Å². The zero-order valence-corrected chi connectivity index (χ0v) is 8.13. The van der Waals surface area contributed by atoms with Crippen molar-refractivity contribution in [1.29, 1.82) is 0 Å². The summed E-state index contributed by atoms with van der Waals surface area (Å²) in [5, 5.41) is 0. The third-order valence-corrected chi connectivity index (χ3v) is 1.66. The van der Waals surface area contributed by atoms with Gasteiger partial charge in [0, 0.05) is 0 Å². The van der Waals surface area contributed by atoms with E-state index in [2.05, 4.69) is 19.3 Å². The third kappa shape index (κ3) is 6.12. The molecule has 0 spiro atoms. The number of hydrogen-bond donors (Lipinski definition) is 2. The summed E-state index contributed by atoms with van der Waals surface area (Å²) in [7, 11) is 1.91. The van der Waals surface area contributed by atoms with Gasteiger partial charge in [0.1, 0.15) is 0 Å². The first-order chi connectivity index (χ1) is 5.56. The lowest BCUT2D eigenvalue weighted by Crippen LogP contribution is -2.39. The number of nitrogens with one attached hydrogen (secondary N) is 1. The van der Waals surface area contributed by atoms with Gasteiger partial charge in [-0.3, -0.25) is 15.1 Å². The number of rotatable bonds is 5. The summed E-state index contributed by atoms with van der Waals surface area (Å²) in [5.74, 6) is 5.49. The van der Waals surface area contributed by atoms with Gasteiger partial charge in [0.15, 0.2) is 0 Å². The molecule has 4 heteroatoms. The molecule has 0 aliphatic rings. The third-order valence-electron chi connectivity index (χ3n) is 1.66. The van der Waals surface area contributed by atoms with Crippen LogP contribution >= 0.6 is 0 Å². The quantitative estimate of drug-likeness (QED) is 0.348. The van der Waals surface area contributed by atoms with Crippen LogP contribution in [0.15, 0.2) is 0 Å². The van der Waals surface area contributed by atoms with E-state index in [9.17, 15) is 4.79 Å². The van der Waals surface area contributed by atoms with E-state index < -0.39 is 0 Å². The molecule has 0 bridgehead atoms. The second-order valence-electron chi connectivity index (χ2n) is 3.49. The summed E-state index contributed by atoms with van der Waals surface area (Å²) >= 11 is 0. The Morgan fingerprint density at radius 2 is 2.17 bits per heavy atom. The van der Waals surface area contributed by atoms with Crippen molar-refractivity contribution < 1.29 is 4.79 Å². The fourth-order valence-corrected chi connectivity index (χ4v) is 0.848. The second-order valence-corrected chi connectivity index (χ2v) is 3.49. The van der Waals surface area contributed by atoms with Gasteiger partial charge in [0.25, 0.3) is 0 Å². The summed E-state index contributed by atoms with van der Waals surface area (Å²) < 4.78 is 0. The lowest BCUT2D eigenvalue weighted by molar-refractivity contribution is -0.122. The normalized spacial score (nSPS) is 10.8. The van der Waals surface area contributed by atoms with E-state index in [0.29, 0.717) is 12.5 Å². The minimum atomic E-state index is -0.138. The molecule has 0 aromatic heterocycles. The Hall–Kier alpha value is -0.610. The van der Waals surface area contributed by atoms with Crippen LogP contribution in [0.5, 0.6) is 0 Å². The van der Waals surface area contributed by atoms with Crippen LogP contribution in [0.3, 0.4) is 0 Å². The first kappa shape index (κ1) is 11.4. The molecule has 0 heterocycles. The second kappa shape index (κ2) is 5.97. The Morgan fingerprint density at radius 1 is 1.58 bits per heavy atom. The Morgan fingerprint density at radius 3 is 2.58 bits per heavy atom. The largest absolute Gasteiger partial charge is 0.298 e. The molecule has 4 nitrogen and oxygen atoms in total. The van der Waals surface area contributed by atoms with E-state index in [-0.39, 0.29) is 5.91 Å². The Kier molecular flexibility index (Phi) is 5.66. The van der Waals surface area contributed by atoms with Crippen LogP contribution in [0, 0.1) is 5.92 Å². The van der Waals surface area contributed by atoms with Crippen molar-refractivity contribution in [2.75, 3.05) is 20.1 Å². The van der Waals surface area contributed by atoms with E-state index in [0.717, 1.165) is 13.0 Å². The molecule has 0 rings (SSSR count). The molecule has 0 atom stereocenters.